The number of aliphatic hydroxyl groups is 4. The van der Waals surface area contributed by atoms with Gasteiger partial charge in [0.05, 0.1) is 31.2 Å². The minimum atomic E-state index is -1.64. The summed E-state index contributed by atoms with van der Waals surface area (Å²) in [5.74, 6) is -4.31. The first-order chi connectivity index (χ1) is 21.0. The van der Waals surface area contributed by atoms with E-state index >= 15 is 0 Å². The van der Waals surface area contributed by atoms with Crippen molar-refractivity contribution in [3.63, 3.8) is 0 Å². The number of aromatic nitrogens is 4. The first kappa shape index (κ1) is 31.8. The highest BCUT2D eigenvalue weighted by atomic mass is 19.2. The van der Waals surface area contributed by atoms with Gasteiger partial charge in [0.1, 0.15) is 35.6 Å². The number of nitrogens with zero attached hydrogens (tertiary/aromatic N) is 5. The van der Waals surface area contributed by atoms with Crippen LogP contribution in [0.4, 0.5) is 18.0 Å². The molecule has 2 aliphatic heterocycles. The summed E-state index contributed by atoms with van der Waals surface area (Å²) in [6, 6.07) is 1.79. The maximum Gasteiger partial charge on any atom is 0.409 e. The predicted octanol–water partition coefficient (Wildman–Crippen LogP) is 1.84. The number of unbranched alkanes of at least 4 members (excludes halogenated alkanes) is 1. The summed E-state index contributed by atoms with van der Waals surface area (Å²) >= 11 is 0. The molecule has 44 heavy (non-hydrogen) atoms. The quantitative estimate of drug-likeness (QED) is 0.202. The zero-order valence-electron chi connectivity index (χ0n) is 23.9. The van der Waals surface area contributed by atoms with Crippen LogP contribution in [0.25, 0.3) is 11.3 Å². The second-order valence-electron chi connectivity index (χ2n) is 11.1. The van der Waals surface area contributed by atoms with E-state index in [0.29, 0.717) is 12.3 Å². The van der Waals surface area contributed by atoms with Gasteiger partial charge >= 0.3 is 6.09 Å². The van der Waals surface area contributed by atoms with E-state index in [0.717, 1.165) is 29.7 Å². The second-order valence-corrected chi connectivity index (χ2v) is 11.1. The molecule has 1 aromatic carbocycles. The van der Waals surface area contributed by atoms with Crippen molar-refractivity contribution in [2.45, 2.75) is 75.1 Å². The van der Waals surface area contributed by atoms with Crippen molar-refractivity contribution in [1.29, 1.82) is 0 Å². The van der Waals surface area contributed by atoms with Gasteiger partial charge in [-0.05, 0) is 18.6 Å². The zero-order valence-corrected chi connectivity index (χ0v) is 23.9. The molecule has 5 rings (SSSR count). The fraction of sp³-hybridized carbons (Fsp3) is 0.571. The van der Waals surface area contributed by atoms with Crippen molar-refractivity contribution < 1.29 is 52.4 Å². The Bertz CT molecular complexity index is 1420. The third kappa shape index (κ3) is 6.44. The van der Waals surface area contributed by atoms with Crippen LogP contribution >= 0.6 is 0 Å². The maximum absolute atomic E-state index is 13.8. The standard InChI is InChI=1S/C28H34F3N5O8/c1-2-3-8-42-27(40)35-6-4-28(41,5-7-35)22-12-16(33-44-22)11-20-25(38)24(26(39)21(14-37)43-20)36-13-19(32-34-36)15-9-17(29)23(31)18(30)10-15/h9-10,12-13,20-21,24-26,37-39,41H,2-8,11,14H2,1H3/t20-,21-,24-,25+,26+/m1/s1. The highest BCUT2D eigenvalue weighted by molar-refractivity contribution is 5.67. The molecule has 4 heterocycles. The Hall–Kier alpha value is -3.57. The van der Waals surface area contributed by atoms with Crippen LogP contribution in [-0.4, -0.2) is 102 Å². The average Bonchev–Trinajstić information content (AvgIpc) is 3.69. The van der Waals surface area contributed by atoms with E-state index in [-0.39, 0.29) is 49.4 Å². The molecular weight excluding hydrogens is 591 g/mol. The summed E-state index contributed by atoms with van der Waals surface area (Å²) < 4.78 is 58.5. The molecule has 0 spiro atoms. The maximum atomic E-state index is 13.8. The van der Waals surface area contributed by atoms with Gasteiger partial charge in [-0.2, -0.15) is 0 Å². The number of benzene rings is 1. The van der Waals surface area contributed by atoms with Crippen LogP contribution in [0.15, 0.2) is 28.9 Å². The molecule has 2 fully saturated rings. The zero-order chi connectivity index (χ0) is 31.6. The summed E-state index contributed by atoms with van der Waals surface area (Å²) in [5.41, 5.74) is -1.26. The first-order valence-corrected chi connectivity index (χ1v) is 14.3. The van der Waals surface area contributed by atoms with E-state index in [1.54, 1.807) is 0 Å². The Morgan fingerprint density at radius 2 is 1.80 bits per heavy atom. The lowest BCUT2D eigenvalue weighted by Gasteiger charge is -2.42. The fourth-order valence-electron chi connectivity index (χ4n) is 5.45. The van der Waals surface area contributed by atoms with Crippen LogP contribution in [-0.2, 0) is 21.5 Å². The summed E-state index contributed by atoms with van der Waals surface area (Å²) in [4.78, 5) is 13.8. The summed E-state index contributed by atoms with van der Waals surface area (Å²) in [7, 11) is 0. The molecule has 5 atom stereocenters. The lowest BCUT2D eigenvalue weighted by atomic mass is 9.88. The molecule has 16 heteroatoms. The van der Waals surface area contributed by atoms with Crippen LogP contribution in [0.5, 0.6) is 0 Å². The average molecular weight is 626 g/mol. The minimum Gasteiger partial charge on any atom is -0.449 e. The van der Waals surface area contributed by atoms with Gasteiger partial charge in [-0.3, -0.25) is 0 Å². The molecule has 1 amide bonds. The van der Waals surface area contributed by atoms with Crippen LogP contribution in [0.2, 0.25) is 0 Å². The highest BCUT2D eigenvalue weighted by Crippen LogP contribution is 2.36. The number of ether oxygens (including phenoxy) is 2. The molecule has 13 nitrogen and oxygen atoms in total. The first-order valence-electron chi connectivity index (χ1n) is 14.3. The van der Waals surface area contributed by atoms with Crippen molar-refractivity contribution >= 4 is 6.09 Å². The van der Waals surface area contributed by atoms with Crippen molar-refractivity contribution in [2.24, 2.45) is 0 Å². The van der Waals surface area contributed by atoms with Gasteiger partial charge in [-0.15, -0.1) is 5.10 Å². The van der Waals surface area contributed by atoms with Crippen molar-refractivity contribution in [3.05, 3.63) is 53.3 Å². The Labute approximate surface area is 249 Å². The Kier molecular flexibility index (Phi) is 9.55. The van der Waals surface area contributed by atoms with Gasteiger partial charge < -0.3 is 39.3 Å². The number of amides is 1. The molecule has 3 aromatic rings. The number of carbonyl (C=O) groups excluding carboxylic acids is 1. The molecule has 0 saturated carbocycles. The molecule has 4 N–H and O–H groups in total. The molecule has 0 unspecified atom stereocenters. The summed E-state index contributed by atoms with van der Waals surface area (Å²) in [6.45, 7) is 2.20. The highest BCUT2D eigenvalue weighted by Gasteiger charge is 2.46. The molecule has 0 radical (unpaired) electrons. The molecule has 0 aliphatic carbocycles. The van der Waals surface area contributed by atoms with Crippen molar-refractivity contribution in [1.82, 2.24) is 25.1 Å². The van der Waals surface area contributed by atoms with E-state index in [9.17, 15) is 38.4 Å². The van der Waals surface area contributed by atoms with Crippen LogP contribution in [0.1, 0.15) is 50.1 Å². The molecule has 0 bridgehead atoms. The number of hydrogen-bond donors (Lipinski definition) is 4. The van der Waals surface area contributed by atoms with E-state index in [1.165, 1.54) is 17.2 Å². The Morgan fingerprint density at radius 3 is 2.45 bits per heavy atom. The Balaban J connectivity index is 1.28. The van der Waals surface area contributed by atoms with Gasteiger partial charge in [0.15, 0.2) is 23.2 Å². The summed E-state index contributed by atoms with van der Waals surface area (Å²) in [6.07, 6.45) is -2.33. The monoisotopic (exact) mass is 625 g/mol. The molecule has 2 saturated heterocycles. The summed E-state index contributed by atoms with van der Waals surface area (Å²) in [5, 5.41) is 54.9. The SMILES string of the molecule is CCCCOC(=O)N1CCC(O)(c2cc(C[C@H]3O[C@H](CO)[C@H](O)[C@H](n4cc(-c5cc(F)c(F)c(F)c5)nn4)[C@H]3O)no2)CC1. The third-order valence-corrected chi connectivity index (χ3v) is 8.09. The second kappa shape index (κ2) is 13.2. The number of halogens is 3. The van der Waals surface area contributed by atoms with Crippen molar-refractivity contribution in [2.75, 3.05) is 26.3 Å². The van der Waals surface area contributed by atoms with Gasteiger partial charge in [0.2, 0.25) is 0 Å². The molecular formula is C28H34F3N5O8. The number of hydrogen-bond acceptors (Lipinski definition) is 11. The van der Waals surface area contributed by atoms with Gasteiger partial charge in [0.25, 0.3) is 0 Å². The number of carbonyl (C=O) groups is 1. The van der Waals surface area contributed by atoms with E-state index < -0.39 is 66.2 Å². The normalized spacial score (nSPS) is 25.3. The van der Waals surface area contributed by atoms with E-state index in [1.807, 2.05) is 6.92 Å². The number of piperidine rings is 1. The fourth-order valence-corrected chi connectivity index (χ4v) is 5.45. The smallest absolute Gasteiger partial charge is 0.409 e. The van der Waals surface area contributed by atoms with Crippen LogP contribution in [0, 0.1) is 17.5 Å². The van der Waals surface area contributed by atoms with Crippen LogP contribution in [0.3, 0.4) is 0 Å². The topological polar surface area (TPSA) is 176 Å². The number of aliphatic hydroxyl groups excluding tert-OH is 3. The lowest BCUT2D eigenvalue weighted by molar-refractivity contribution is -0.205. The van der Waals surface area contributed by atoms with Crippen molar-refractivity contribution in [3.8, 4) is 11.3 Å². The van der Waals surface area contributed by atoms with Gasteiger partial charge in [0, 0.05) is 44.0 Å². The molecule has 2 aliphatic rings. The van der Waals surface area contributed by atoms with Gasteiger partial charge in [-0.1, -0.05) is 23.7 Å². The third-order valence-electron chi connectivity index (χ3n) is 8.09. The predicted molar refractivity (Wildman–Crippen MR) is 143 cm³/mol. The van der Waals surface area contributed by atoms with E-state index in [4.69, 9.17) is 14.0 Å². The number of rotatable bonds is 9. The van der Waals surface area contributed by atoms with Gasteiger partial charge in [-0.25, -0.2) is 22.6 Å². The minimum absolute atomic E-state index is 0.0493. The Morgan fingerprint density at radius 1 is 1.11 bits per heavy atom. The van der Waals surface area contributed by atoms with Crippen LogP contribution < -0.4 is 0 Å². The molecule has 2 aromatic heterocycles. The number of likely N-dealkylation sites (tertiary alicyclic amines) is 1. The molecule has 240 valence electrons. The largest absolute Gasteiger partial charge is 0.449 e. The lowest BCUT2D eigenvalue weighted by Crippen LogP contribution is -2.56. The van der Waals surface area contributed by atoms with E-state index in [2.05, 4.69) is 15.5 Å².